The summed E-state index contributed by atoms with van der Waals surface area (Å²) >= 11 is 3.48. The van der Waals surface area contributed by atoms with Gasteiger partial charge in [-0.15, -0.1) is 0 Å². The molecule has 9 heteroatoms. The number of carboxylic acid groups (broad SMARTS) is 1. The first-order chi connectivity index (χ1) is 14.3. The molecule has 2 aromatic carbocycles. The monoisotopic (exact) mass is 475 g/mol. The number of halogens is 4. The molecule has 2 aromatic heterocycles. The molecule has 4 aromatic rings. The minimum absolute atomic E-state index is 0.114. The fraction of sp³-hybridized carbons (Fsp3) is 0.0952. The lowest BCUT2D eigenvalue weighted by atomic mass is 10.0. The van der Waals surface area contributed by atoms with Gasteiger partial charge in [-0.1, -0.05) is 46.3 Å². The number of nitrogens with zero attached hydrogens (tertiary/aromatic N) is 3. The minimum atomic E-state index is -4.92. The van der Waals surface area contributed by atoms with Crippen LogP contribution in [-0.2, 0) is 12.7 Å². The SMILES string of the molecule is O=C(O)c1c(C(F)(F)F)nc(-c2cccnc2)n1Cc1cccc2cccc(Br)c12. The van der Waals surface area contributed by atoms with Crippen molar-refractivity contribution in [1.82, 2.24) is 14.5 Å². The number of aromatic carboxylic acids is 1. The van der Waals surface area contributed by atoms with Crippen molar-refractivity contribution in [3.8, 4) is 11.4 Å². The molecular weight excluding hydrogens is 463 g/mol. The second-order valence-electron chi connectivity index (χ2n) is 6.52. The Labute approximate surface area is 177 Å². The van der Waals surface area contributed by atoms with Crippen molar-refractivity contribution in [3.63, 3.8) is 0 Å². The zero-order valence-electron chi connectivity index (χ0n) is 15.2. The van der Waals surface area contributed by atoms with Gasteiger partial charge in [0.1, 0.15) is 5.82 Å². The van der Waals surface area contributed by atoms with E-state index in [1.165, 1.54) is 18.5 Å². The molecule has 0 unspecified atom stereocenters. The van der Waals surface area contributed by atoms with Crippen molar-refractivity contribution < 1.29 is 23.1 Å². The van der Waals surface area contributed by atoms with E-state index in [9.17, 15) is 23.1 Å². The van der Waals surface area contributed by atoms with Gasteiger partial charge in [-0.3, -0.25) is 4.98 Å². The van der Waals surface area contributed by atoms with Crippen molar-refractivity contribution in [2.45, 2.75) is 12.7 Å². The molecule has 30 heavy (non-hydrogen) atoms. The van der Waals surface area contributed by atoms with E-state index < -0.39 is 23.5 Å². The quantitative estimate of drug-likeness (QED) is 0.415. The first-order valence-electron chi connectivity index (χ1n) is 8.75. The number of carbonyl (C=O) groups is 1. The molecule has 0 fully saturated rings. The van der Waals surface area contributed by atoms with Crippen LogP contribution < -0.4 is 0 Å². The number of aromatic nitrogens is 3. The van der Waals surface area contributed by atoms with Crippen molar-refractivity contribution in [2.75, 3.05) is 0 Å². The Morgan fingerprint density at radius 1 is 1.10 bits per heavy atom. The summed E-state index contributed by atoms with van der Waals surface area (Å²) in [6.07, 6.45) is -2.10. The summed E-state index contributed by atoms with van der Waals surface area (Å²) in [4.78, 5) is 19.5. The van der Waals surface area contributed by atoms with Crippen LogP contribution in [0, 0.1) is 0 Å². The molecule has 0 bridgehead atoms. The first-order valence-corrected chi connectivity index (χ1v) is 9.54. The van der Waals surface area contributed by atoms with Gasteiger partial charge in [-0.2, -0.15) is 13.2 Å². The van der Waals surface area contributed by atoms with Crippen LogP contribution in [0.4, 0.5) is 13.2 Å². The van der Waals surface area contributed by atoms with Gasteiger partial charge >= 0.3 is 12.1 Å². The number of pyridine rings is 1. The summed E-state index contributed by atoms with van der Waals surface area (Å²) in [5, 5.41) is 11.3. The third kappa shape index (κ3) is 3.56. The van der Waals surface area contributed by atoms with Gasteiger partial charge in [-0.25, -0.2) is 9.78 Å². The average molecular weight is 476 g/mol. The average Bonchev–Trinajstić information content (AvgIpc) is 3.09. The van der Waals surface area contributed by atoms with Crippen LogP contribution in [0.25, 0.3) is 22.2 Å². The molecule has 5 nitrogen and oxygen atoms in total. The number of rotatable bonds is 4. The number of fused-ring (bicyclic) bond motifs is 1. The van der Waals surface area contributed by atoms with Crippen LogP contribution in [0.3, 0.4) is 0 Å². The van der Waals surface area contributed by atoms with Crippen LogP contribution >= 0.6 is 15.9 Å². The highest BCUT2D eigenvalue weighted by Gasteiger charge is 2.41. The van der Waals surface area contributed by atoms with Crippen molar-refractivity contribution in [2.24, 2.45) is 0 Å². The minimum Gasteiger partial charge on any atom is -0.477 e. The number of carboxylic acids is 1. The molecule has 1 N–H and O–H groups in total. The Kier molecular flexibility index (Phi) is 5.07. The van der Waals surface area contributed by atoms with E-state index in [0.29, 0.717) is 5.56 Å². The predicted molar refractivity (Wildman–Crippen MR) is 108 cm³/mol. The smallest absolute Gasteiger partial charge is 0.435 e. The molecule has 0 spiro atoms. The van der Waals surface area contributed by atoms with E-state index in [-0.39, 0.29) is 17.9 Å². The van der Waals surface area contributed by atoms with E-state index >= 15 is 0 Å². The molecule has 0 aliphatic heterocycles. The largest absolute Gasteiger partial charge is 0.477 e. The van der Waals surface area contributed by atoms with Gasteiger partial charge in [0, 0.05) is 27.8 Å². The summed E-state index contributed by atoms with van der Waals surface area (Å²) in [6, 6.07) is 14.0. The fourth-order valence-corrected chi connectivity index (χ4v) is 4.04. The highest BCUT2D eigenvalue weighted by Crippen LogP contribution is 2.36. The summed E-state index contributed by atoms with van der Waals surface area (Å²) < 4.78 is 42.7. The normalized spacial score (nSPS) is 11.7. The van der Waals surface area contributed by atoms with E-state index in [1.807, 2.05) is 24.3 Å². The molecule has 0 saturated heterocycles. The van der Waals surface area contributed by atoms with Gasteiger partial charge in [0.25, 0.3) is 0 Å². The van der Waals surface area contributed by atoms with Crippen molar-refractivity contribution in [1.29, 1.82) is 0 Å². The van der Waals surface area contributed by atoms with Gasteiger partial charge in [0.15, 0.2) is 11.4 Å². The highest BCUT2D eigenvalue weighted by molar-refractivity contribution is 9.10. The van der Waals surface area contributed by atoms with Crippen LogP contribution in [0.2, 0.25) is 0 Å². The molecule has 0 saturated carbocycles. The van der Waals surface area contributed by atoms with Crippen molar-refractivity contribution in [3.05, 3.63) is 82.3 Å². The Balaban J connectivity index is 2.00. The second-order valence-corrected chi connectivity index (χ2v) is 7.37. The molecule has 0 aliphatic carbocycles. The van der Waals surface area contributed by atoms with Gasteiger partial charge in [0.2, 0.25) is 0 Å². The van der Waals surface area contributed by atoms with E-state index in [1.54, 1.807) is 18.2 Å². The first kappa shape index (κ1) is 20.1. The lowest BCUT2D eigenvalue weighted by Gasteiger charge is -2.14. The molecule has 4 rings (SSSR count). The highest BCUT2D eigenvalue weighted by atomic mass is 79.9. The molecule has 0 aliphatic rings. The third-order valence-corrected chi connectivity index (χ3v) is 5.29. The van der Waals surface area contributed by atoms with E-state index in [4.69, 9.17) is 0 Å². The standard InChI is InChI=1S/C21H13BrF3N3O2/c22-15-8-2-5-12-4-1-6-14(16(12)15)11-28-17(20(29)30)18(21(23,24)25)27-19(28)13-7-3-9-26-10-13/h1-10H,11H2,(H,29,30). The molecule has 0 atom stereocenters. The lowest BCUT2D eigenvalue weighted by molar-refractivity contribution is -0.141. The lowest BCUT2D eigenvalue weighted by Crippen LogP contribution is -2.17. The van der Waals surface area contributed by atoms with E-state index in [0.717, 1.165) is 19.8 Å². The van der Waals surface area contributed by atoms with Crippen LogP contribution in [0.15, 0.2) is 65.4 Å². The third-order valence-electron chi connectivity index (χ3n) is 4.63. The Hall–Kier alpha value is -3.20. The predicted octanol–water partition coefficient (Wildman–Crippen LogP) is 5.63. The summed E-state index contributed by atoms with van der Waals surface area (Å²) in [5.74, 6) is -1.82. The maximum atomic E-state index is 13.6. The molecule has 2 heterocycles. The van der Waals surface area contributed by atoms with Gasteiger partial charge in [0.05, 0.1) is 6.54 Å². The topological polar surface area (TPSA) is 68.0 Å². The van der Waals surface area contributed by atoms with Gasteiger partial charge in [-0.05, 0) is 29.1 Å². The molecule has 0 amide bonds. The molecule has 0 radical (unpaired) electrons. The van der Waals surface area contributed by atoms with Crippen LogP contribution in [0.5, 0.6) is 0 Å². The van der Waals surface area contributed by atoms with Crippen LogP contribution in [0.1, 0.15) is 21.7 Å². The Morgan fingerprint density at radius 2 is 1.83 bits per heavy atom. The number of benzene rings is 2. The number of hydrogen-bond donors (Lipinski definition) is 1. The van der Waals surface area contributed by atoms with Gasteiger partial charge < -0.3 is 9.67 Å². The number of hydrogen-bond acceptors (Lipinski definition) is 3. The summed E-state index contributed by atoms with van der Waals surface area (Å²) in [6.45, 7) is -0.116. The maximum absolute atomic E-state index is 13.6. The fourth-order valence-electron chi connectivity index (χ4n) is 3.41. The Bertz CT molecular complexity index is 1250. The number of alkyl halides is 3. The maximum Gasteiger partial charge on any atom is 0.435 e. The number of imidazole rings is 1. The van der Waals surface area contributed by atoms with Crippen LogP contribution in [-0.4, -0.2) is 25.6 Å². The molecule has 152 valence electrons. The zero-order valence-corrected chi connectivity index (χ0v) is 16.8. The zero-order chi connectivity index (χ0) is 21.5. The molecular formula is C21H13BrF3N3O2. The summed E-state index contributed by atoms with van der Waals surface area (Å²) in [5.41, 5.74) is -1.41. The van der Waals surface area contributed by atoms with E-state index in [2.05, 4.69) is 25.9 Å². The second kappa shape index (κ2) is 7.56. The summed E-state index contributed by atoms with van der Waals surface area (Å²) in [7, 11) is 0. The Morgan fingerprint density at radius 3 is 2.47 bits per heavy atom. The van der Waals surface area contributed by atoms with Crippen molar-refractivity contribution >= 4 is 32.7 Å².